The van der Waals surface area contributed by atoms with E-state index in [0.29, 0.717) is 18.0 Å². The van der Waals surface area contributed by atoms with Crippen LogP contribution in [0.15, 0.2) is 0 Å². The van der Waals surface area contributed by atoms with E-state index in [4.69, 9.17) is 0 Å². The molecule has 7 heteroatoms. The molecule has 4 unspecified atom stereocenters. The molecule has 1 aliphatic carbocycles. The summed E-state index contributed by atoms with van der Waals surface area (Å²) in [5.41, 5.74) is 0. The third kappa shape index (κ3) is 2.61. The molecular formula is C13H24ClN3O2S. The fraction of sp³-hybridized carbons (Fsp3) is 1.00. The number of nitrogens with zero attached hydrogens (tertiary/aromatic N) is 1. The Labute approximate surface area is 127 Å². The average Bonchev–Trinajstić information content (AvgIpc) is 3.04. The zero-order valence-corrected chi connectivity index (χ0v) is 13.3. The van der Waals surface area contributed by atoms with Crippen molar-refractivity contribution in [2.45, 2.75) is 69.1 Å². The van der Waals surface area contributed by atoms with Crippen molar-refractivity contribution in [3.63, 3.8) is 0 Å². The third-order valence-electron chi connectivity index (χ3n) is 5.46. The summed E-state index contributed by atoms with van der Waals surface area (Å²) in [6, 6.07) is 1.48. The SMILES string of the molecule is Cl.O=S(=O)(NC1CC2CCC(C1)N2)N1CC2CCC1C2. The Morgan fingerprint density at radius 3 is 2.25 bits per heavy atom. The standard InChI is InChI=1S/C13H23N3O2S.ClH/c17-19(18,16-8-9-1-4-13(16)5-9)15-12-6-10-2-3-11(7-12)14-10;/h9-15H,1-8H2;1H. The Kier molecular flexibility index (Phi) is 4.05. The van der Waals surface area contributed by atoms with Gasteiger partial charge < -0.3 is 5.32 Å². The monoisotopic (exact) mass is 321 g/mol. The Balaban J connectivity index is 0.00000121. The molecule has 0 aromatic rings. The van der Waals surface area contributed by atoms with Crippen LogP contribution in [0.2, 0.25) is 0 Å². The summed E-state index contributed by atoms with van der Waals surface area (Å²) >= 11 is 0. The van der Waals surface area contributed by atoms with E-state index in [1.54, 1.807) is 4.31 Å². The third-order valence-corrected chi connectivity index (χ3v) is 7.15. The van der Waals surface area contributed by atoms with E-state index in [-0.39, 0.29) is 24.5 Å². The molecule has 4 atom stereocenters. The number of hydrogen-bond donors (Lipinski definition) is 2. The molecule has 0 aromatic heterocycles. The van der Waals surface area contributed by atoms with Gasteiger partial charge in [0.05, 0.1) is 0 Å². The van der Waals surface area contributed by atoms with Gasteiger partial charge in [-0.2, -0.15) is 17.4 Å². The molecule has 0 spiro atoms. The Hall–Kier alpha value is 0.120. The first-order valence-electron chi connectivity index (χ1n) is 7.65. The largest absolute Gasteiger partial charge is 0.311 e. The highest BCUT2D eigenvalue weighted by Gasteiger charge is 2.45. The number of fused-ring (bicyclic) bond motifs is 4. The van der Waals surface area contributed by atoms with Gasteiger partial charge in [-0.05, 0) is 50.9 Å². The summed E-state index contributed by atoms with van der Waals surface area (Å²) in [7, 11) is -3.25. The average molecular weight is 322 g/mol. The van der Waals surface area contributed by atoms with Crippen LogP contribution in [0.1, 0.15) is 44.9 Å². The normalized spacial score (nSPS) is 43.7. The van der Waals surface area contributed by atoms with Crippen LogP contribution in [0, 0.1) is 5.92 Å². The van der Waals surface area contributed by atoms with Crippen LogP contribution in [0.3, 0.4) is 0 Å². The van der Waals surface area contributed by atoms with Gasteiger partial charge in [0.1, 0.15) is 0 Å². The highest BCUT2D eigenvalue weighted by atomic mass is 35.5. The van der Waals surface area contributed by atoms with Crippen LogP contribution < -0.4 is 10.0 Å². The van der Waals surface area contributed by atoms with E-state index in [9.17, 15) is 8.42 Å². The second-order valence-corrected chi connectivity index (χ2v) is 8.49. The van der Waals surface area contributed by atoms with E-state index < -0.39 is 10.2 Å². The lowest BCUT2D eigenvalue weighted by Gasteiger charge is -2.33. The summed E-state index contributed by atoms with van der Waals surface area (Å²) in [6.07, 6.45) is 7.68. The van der Waals surface area contributed by atoms with Crippen molar-refractivity contribution < 1.29 is 8.42 Å². The van der Waals surface area contributed by atoms with Gasteiger partial charge in [0.25, 0.3) is 10.2 Å². The second-order valence-electron chi connectivity index (χ2n) is 6.83. The predicted octanol–water partition coefficient (Wildman–Crippen LogP) is 1.01. The van der Waals surface area contributed by atoms with Gasteiger partial charge in [-0.25, -0.2) is 0 Å². The molecule has 0 aromatic carbocycles. The van der Waals surface area contributed by atoms with Gasteiger partial charge in [0.15, 0.2) is 0 Å². The second kappa shape index (κ2) is 5.39. The van der Waals surface area contributed by atoms with E-state index in [1.807, 2.05) is 0 Å². The van der Waals surface area contributed by atoms with Crippen molar-refractivity contribution in [1.82, 2.24) is 14.3 Å². The van der Waals surface area contributed by atoms with Crippen LogP contribution in [0.25, 0.3) is 0 Å². The number of rotatable bonds is 3. The first-order valence-corrected chi connectivity index (χ1v) is 9.09. The fourth-order valence-corrected chi connectivity index (χ4v) is 6.35. The smallest absolute Gasteiger partial charge is 0.279 e. The van der Waals surface area contributed by atoms with Crippen LogP contribution in [-0.4, -0.2) is 43.4 Å². The van der Waals surface area contributed by atoms with Crippen LogP contribution >= 0.6 is 12.4 Å². The van der Waals surface area contributed by atoms with Crippen LogP contribution in [-0.2, 0) is 10.2 Å². The molecule has 4 rings (SSSR count). The molecule has 1 saturated carbocycles. The molecule has 4 fully saturated rings. The topological polar surface area (TPSA) is 61.4 Å². The summed E-state index contributed by atoms with van der Waals surface area (Å²) in [4.78, 5) is 0. The summed E-state index contributed by atoms with van der Waals surface area (Å²) in [5, 5.41) is 3.55. The van der Waals surface area contributed by atoms with Crippen LogP contribution in [0.4, 0.5) is 0 Å². The van der Waals surface area contributed by atoms with Gasteiger partial charge in [-0.3, -0.25) is 0 Å². The quantitative estimate of drug-likeness (QED) is 0.815. The van der Waals surface area contributed by atoms with Gasteiger partial charge in [-0.1, -0.05) is 0 Å². The van der Waals surface area contributed by atoms with Crippen molar-refractivity contribution in [3.05, 3.63) is 0 Å². The number of hydrogen-bond acceptors (Lipinski definition) is 3. The molecule has 3 aliphatic heterocycles. The molecule has 20 heavy (non-hydrogen) atoms. The minimum absolute atomic E-state index is 0. The van der Waals surface area contributed by atoms with Crippen molar-refractivity contribution in [3.8, 4) is 0 Å². The molecule has 0 radical (unpaired) electrons. The number of nitrogens with one attached hydrogen (secondary N) is 2. The molecule has 3 heterocycles. The lowest BCUT2D eigenvalue weighted by atomic mass is 10.0. The molecule has 5 nitrogen and oxygen atoms in total. The van der Waals surface area contributed by atoms with Crippen molar-refractivity contribution >= 4 is 22.6 Å². The maximum Gasteiger partial charge on any atom is 0.279 e. The van der Waals surface area contributed by atoms with Gasteiger partial charge in [-0.15, -0.1) is 12.4 Å². The molecule has 4 bridgehead atoms. The highest BCUT2D eigenvalue weighted by Crippen LogP contribution is 2.39. The van der Waals surface area contributed by atoms with Crippen LogP contribution in [0.5, 0.6) is 0 Å². The molecule has 0 amide bonds. The Bertz CT molecular complexity index is 460. The molecule has 3 saturated heterocycles. The van der Waals surface area contributed by atoms with Crippen molar-refractivity contribution in [2.24, 2.45) is 5.92 Å². The first kappa shape index (κ1) is 15.0. The van der Waals surface area contributed by atoms with E-state index in [1.165, 1.54) is 19.3 Å². The summed E-state index contributed by atoms with van der Waals surface area (Å²) < 4.78 is 29.8. The minimum atomic E-state index is -3.25. The first-order chi connectivity index (χ1) is 9.10. The van der Waals surface area contributed by atoms with Gasteiger partial charge >= 0.3 is 0 Å². The van der Waals surface area contributed by atoms with Crippen molar-refractivity contribution in [1.29, 1.82) is 0 Å². The van der Waals surface area contributed by atoms with E-state index >= 15 is 0 Å². The summed E-state index contributed by atoms with van der Waals surface area (Å²) in [6.45, 7) is 0.748. The Morgan fingerprint density at radius 1 is 1.00 bits per heavy atom. The van der Waals surface area contributed by atoms with Crippen molar-refractivity contribution in [2.75, 3.05) is 6.54 Å². The fourth-order valence-electron chi connectivity index (χ4n) is 4.61. The lowest BCUT2D eigenvalue weighted by molar-refractivity contribution is 0.307. The molecular weight excluding hydrogens is 298 g/mol. The van der Waals surface area contributed by atoms with Gasteiger partial charge in [0, 0.05) is 30.7 Å². The minimum Gasteiger partial charge on any atom is -0.311 e. The van der Waals surface area contributed by atoms with E-state index in [2.05, 4.69) is 10.0 Å². The van der Waals surface area contributed by atoms with Gasteiger partial charge in [0.2, 0.25) is 0 Å². The molecule has 2 N–H and O–H groups in total. The maximum absolute atomic E-state index is 12.5. The summed E-state index contributed by atoms with van der Waals surface area (Å²) in [5.74, 6) is 0.616. The zero-order valence-electron chi connectivity index (χ0n) is 11.6. The lowest BCUT2D eigenvalue weighted by Crippen LogP contribution is -2.53. The molecule has 4 aliphatic rings. The zero-order chi connectivity index (χ0) is 13.0. The van der Waals surface area contributed by atoms with E-state index in [0.717, 1.165) is 32.2 Å². The number of piperidine rings is 2. The maximum atomic E-state index is 12.5. The molecule has 116 valence electrons. The predicted molar refractivity (Wildman–Crippen MR) is 80.1 cm³/mol. The number of halogens is 1. The highest BCUT2D eigenvalue weighted by molar-refractivity contribution is 7.87. The Morgan fingerprint density at radius 2 is 1.70 bits per heavy atom.